The maximum atomic E-state index is 8.87. The highest BCUT2D eigenvalue weighted by atomic mass is 15.1. The highest BCUT2D eigenvalue weighted by molar-refractivity contribution is 5.05. The molecular formula is C9H14N4. The second-order valence-corrected chi connectivity index (χ2v) is 3.22. The van der Waals surface area contributed by atoms with Gasteiger partial charge in [-0.3, -0.25) is 0 Å². The van der Waals surface area contributed by atoms with Gasteiger partial charge in [-0.1, -0.05) is 6.92 Å². The molecule has 0 aliphatic rings. The molecule has 0 aliphatic carbocycles. The molecule has 0 saturated carbocycles. The number of rotatable bonds is 3. The van der Waals surface area contributed by atoms with E-state index < -0.39 is 5.54 Å². The minimum Gasteiger partial charge on any atom is -0.332 e. The highest BCUT2D eigenvalue weighted by Crippen LogP contribution is 2.09. The van der Waals surface area contributed by atoms with Gasteiger partial charge < -0.3 is 10.3 Å². The van der Waals surface area contributed by atoms with Gasteiger partial charge in [0.25, 0.3) is 0 Å². The lowest BCUT2D eigenvalue weighted by Crippen LogP contribution is -2.41. The summed E-state index contributed by atoms with van der Waals surface area (Å²) in [6, 6.07) is 2.12. The van der Waals surface area contributed by atoms with Gasteiger partial charge in [0.2, 0.25) is 0 Å². The van der Waals surface area contributed by atoms with Gasteiger partial charge in [0.1, 0.15) is 11.4 Å². The van der Waals surface area contributed by atoms with Crippen LogP contribution >= 0.6 is 0 Å². The van der Waals surface area contributed by atoms with Crippen LogP contribution in [0.1, 0.15) is 19.2 Å². The Morgan fingerprint density at radius 1 is 1.77 bits per heavy atom. The van der Waals surface area contributed by atoms with Crippen molar-refractivity contribution in [3.63, 3.8) is 0 Å². The summed E-state index contributed by atoms with van der Waals surface area (Å²) in [5.41, 5.74) is 5.07. The van der Waals surface area contributed by atoms with Crippen LogP contribution < -0.4 is 5.73 Å². The lowest BCUT2D eigenvalue weighted by molar-refractivity contribution is 0.436. The first-order valence-electron chi connectivity index (χ1n) is 4.29. The average Bonchev–Trinajstić information content (AvgIpc) is 2.52. The molecule has 4 heteroatoms. The van der Waals surface area contributed by atoms with E-state index in [9.17, 15) is 0 Å². The van der Waals surface area contributed by atoms with E-state index in [1.54, 1.807) is 6.20 Å². The zero-order valence-corrected chi connectivity index (χ0v) is 7.99. The molecule has 0 saturated heterocycles. The Bertz CT molecular complexity index is 323. The lowest BCUT2D eigenvalue weighted by atomic mass is 10.00. The summed E-state index contributed by atoms with van der Waals surface area (Å²) in [5.74, 6) is 0.888. The summed E-state index contributed by atoms with van der Waals surface area (Å²) in [7, 11) is 0. The summed E-state index contributed by atoms with van der Waals surface area (Å²) in [5, 5.41) is 8.87. The molecule has 1 rings (SSSR count). The third kappa shape index (κ3) is 2.07. The van der Waals surface area contributed by atoms with Gasteiger partial charge in [-0.25, -0.2) is 4.98 Å². The summed E-state index contributed by atoms with van der Waals surface area (Å²) in [6.07, 6.45) is 4.19. The molecular weight excluding hydrogens is 164 g/mol. The predicted octanol–water partition coefficient (Wildman–Crippen LogP) is 0.823. The Labute approximate surface area is 78.0 Å². The molecule has 0 amide bonds. The topological polar surface area (TPSA) is 67.6 Å². The predicted molar refractivity (Wildman–Crippen MR) is 49.8 cm³/mol. The zero-order valence-electron chi connectivity index (χ0n) is 7.99. The van der Waals surface area contributed by atoms with Crippen LogP contribution in [0.2, 0.25) is 0 Å². The first-order valence-corrected chi connectivity index (χ1v) is 4.29. The number of nitrogens with zero attached hydrogens (tertiary/aromatic N) is 3. The number of aromatic nitrogens is 2. The fourth-order valence-corrected chi connectivity index (χ4v) is 1.10. The summed E-state index contributed by atoms with van der Waals surface area (Å²) >= 11 is 0. The maximum absolute atomic E-state index is 8.87. The van der Waals surface area contributed by atoms with Gasteiger partial charge in [-0.2, -0.15) is 5.26 Å². The third-order valence-electron chi connectivity index (χ3n) is 2.23. The molecule has 0 aromatic carbocycles. The SMILES string of the molecule is CCC(N)(C#N)Cn1ccnc1C. The molecule has 4 nitrogen and oxygen atoms in total. The zero-order chi connectivity index (χ0) is 9.90. The van der Waals surface area contributed by atoms with Crippen LogP contribution in [0.3, 0.4) is 0 Å². The fraction of sp³-hybridized carbons (Fsp3) is 0.556. The van der Waals surface area contributed by atoms with Crippen LogP contribution in [-0.2, 0) is 6.54 Å². The molecule has 0 bridgehead atoms. The minimum absolute atomic E-state index is 0.506. The molecule has 13 heavy (non-hydrogen) atoms. The molecule has 0 radical (unpaired) electrons. The molecule has 0 fully saturated rings. The number of nitriles is 1. The van der Waals surface area contributed by atoms with Crippen LogP contribution in [0.5, 0.6) is 0 Å². The van der Waals surface area contributed by atoms with E-state index in [1.165, 1.54) is 0 Å². The van der Waals surface area contributed by atoms with Crippen molar-refractivity contribution in [2.45, 2.75) is 32.4 Å². The number of nitrogens with two attached hydrogens (primary N) is 1. The van der Waals surface area contributed by atoms with Crippen molar-refractivity contribution in [3.8, 4) is 6.07 Å². The Balaban J connectivity index is 2.80. The van der Waals surface area contributed by atoms with E-state index in [0.29, 0.717) is 13.0 Å². The first-order chi connectivity index (χ1) is 6.11. The number of imidazole rings is 1. The van der Waals surface area contributed by atoms with E-state index in [-0.39, 0.29) is 0 Å². The highest BCUT2D eigenvalue weighted by Gasteiger charge is 2.22. The van der Waals surface area contributed by atoms with Gasteiger partial charge in [0.15, 0.2) is 0 Å². The number of hydrogen-bond acceptors (Lipinski definition) is 3. The number of hydrogen-bond donors (Lipinski definition) is 1. The molecule has 0 spiro atoms. The molecule has 70 valence electrons. The van der Waals surface area contributed by atoms with Crippen LogP contribution in [0.15, 0.2) is 12.4 Å². The van der Waals surface area contributed by atoms with Crippen molar-refractivity contribution in [1.82, 2.24) is 9.55 Å². The van der Waals surface area contributed by atoms with Gasteiger partial charge >= 0.3 is 0 Å². The van der Waals surface area contributed by atoms with Gasteiger partial charge in [0.05, 0.1) is 12.6 Å². The summed E-state index contributed by atoms with van der Waals surface area (Å²) in [4.78, 5) is 4.07. The van der Waals surface area contributed by atoms with Crippen molar-refractivity contribution in [2.24, 2.45) is 5.73 Å². The van der Waals surface area contributed by atoms with Crippen LogP contribution in [-0.4, -0.2) is 15.1 Å². The minimum atomic E-state index is -0.772. The monoisotopic (exact) mass is 178 g/mol. The van der Waals surface area contributed by atoms with Crippen molar-refractivity contribution in [1.29, 1.82) is 5.26 Å². The smallest absolute Gasteiger partial charge is 0.122 e. The van der Waals surface area contributed by atoms with Crippen molar-refractivity contribution >= 4 is 0 Å². The Kier molecular flexibility index (Phi) is 2.69. The van der Waals surface area contributed by atoms with E-state index in [4.69, 9.17) is 11.0 Å². The quantitative estimate of drug-likeness (QED) is 0.745. The largest absolute Gasteiger partial charge is 0.332 e. The molecule has 1 unspecified atom stereocenters. The van der Waals surface area contributed by atoms with E-state index in [1.807, 2.05) is 24.6 Å². The third-order valence-corrected chi connectivity index (χ3v) is 2.23. The van der Waals surface area contributed by atoms with Crippen LogP contribution in [0, 0.1) is 18.3 Å². The van der Waals surface area contributed by atoms with Crippen molar-refractivity contribution < 1.29 is 0 Å². The Hall–Kier alpha value is -1.34. The summed E-state index contributed by atoms with van der Waals surface area (Å²) in [6.45, 7) is 4.31. The lowest BCUT2D eigenvalue weighted by Gasteiger charge is -2.20. The molecule has 1 atom stereocenters. The standard InChI is InChI=1S/C9H14N4/c1-3-9(11,6-10)7-13-5-4-12-8(13)2/h4-5H,3,7,11H2,1-2H3. The Morgan fingerprint density at radius 2 is 2.46 bits per heavy atom. The molecule has 0 aliphatic heterocycles. The van der Waals surface area contributed by atoms with E-state index in [0.717, 1.165) is 5.82 Å². The van der Waals surface area contributed by atoms with Crippen LogP contribution in [0.25, 0.3) is 0 Å². The average molecular weight is 178 g/mol. The van der Waals surface area contributed by atoms with Gasteiger partial charge in [-0.05, 0) is 13.3 Å². The molecule has 1 aromatic rings. The van der Waals surface area contributed by atoms with E-state index in [2.05, 4.69) is 11.1 Å². The first kappa shape index (κ1) is 9.75. The molecule has 2 N–H and O–H groups in total. The maximum Gasteiger partial charge on any atom is 0.122 e. The number of aryl methyl sites for hydroxylation is 1. The van der Waals surface area contributed by atoms with Gasteiger partial charge in [0, 0.05) is 12.4 Å². The second kappa shape index (κ2) is 3.58. The summed E-state index contributed by atoms with van der Waals surface area (Å²) < 4.78 is 1.90. The van der Waals surface area contributed by atoms with Crippen molar-refractivity contribution in [3.05, 3.63) is 18.2 Å². The van der Waals surface area contributed by atoms with E-state index >= 15 is 0 Å². The normalized spacial score (nSPS) is 14.9. The Morgan fingerprint density at radius 3 is 2.85 bits per heavy atom. The van der Waals surface area contributed by atoms with Crippen molar-refractivity contribution in [2.75, 3.05) is 0 Å². The van der Waals surface area contributed by atoms with Gasteiger partial charge in [-0.15, -0.1) is 0 Å². The fourth-order valence-electron chi connectivity index (χ4n) is 1.10. The van der Waals surface area contributed by atoms with Crippen LogP contribution in [0.4, 0.5) is 0 Å². The molecule has 1 aromatic heterocycles. The second-order valence-electron chi connectivity index (χ2n) is 3.22. The molecule has 1 heterocycles.